The molecule has 0 unspecified atom stereocenters. The maximum atomic E-state index is 12.1. The largest absolute Gasteiger partial charge is 0.478 e. The van der Waals surface area contributed by atoms with Crippen LogP contribution in [0.3, 0.4) is 0 Å². The Bertz CT molecular complexity index is 803. The van der Waals surface area contributed by atoms with Gasteiger partial charge in [-0.1, -0.05) is 53.0 Å². The van der Waals surface area contributed by atoms with Crippen LogP contribution < -0.4 is 5.32 Å². The van der Waals surface area contributed by atoms with Crippen molar-refractivity contribution < 1.29 is 14.7 Å². The third-order valence-electron chi connectivity index (χ3n) is 2.87. The van der Waals surface area contributed by atoms with Gasteiger partial charge in [0.05, 0.1) is 11.3 Å². The first-order valence-corrected chi connectivity index (χ1v) is 7.48. The third-order valence-corrected chi connectivity index (χ3v) is 3.71. The van der Waals surface area contributed by atoms with Crippen molar-refractivity contribution in [3.63, 3.8) is 0 Å². The number of benzene rings is 2. The highest BCUT2D eigenvalue weighted by Crippen LogP contribution is 2.24. The van der Waals surface area contributed by atoms with E-state index in [1.807, 2.05) is 0 Å². The van der Waals surface area contributed by atoms with Crippen molar-refractivity contribution in [3.05, 3.63) is 68.7 Å². The van der Waals surface area contributed by atoms with Gasteiger partial charge in [-0.3, -0.25) is 4.79 Å². The van der Waals surface area contributed by atoms with E-state index in [0.29, 0.717) is 15.6 Å². The SMILES string of the molecule is O=C(Nc1ccccc1C(=O)O)/C(Cl)=C/c1ccc(Cl)cc1Cl. The van der Waals surface area contributed by atoms with Gasteiger partial charge >= 0.3 is 5.97 Å². The Morgan fingerprint density at radius 3 is 2.43 bits per heavy atom. The van der Waals surface area contributed by atoms with Crippen molar-refractivity contribution in [2.24, 2.45) is 0 Å². The second-order valence-electron chi connectivity index (χ2n) is 4.46. The summed E-state index contributed by atoms with van der Waals surface area (Å²) in [6, 6.07) is 10.8. The Kier molecular flexibility index (Phi) is 5.66. The van der Waals surface area contributed by atoms with Crippen molar-refractivity contribution >= 4 is 58.4 Å². The summed E-state index contributed by atoms with van der Waals surface area (Å²) in [6.07, 6.45) is 1.37. The maximum absolute atomic E-state index is 12.1. The number of carbonyl (C=O) groups is 2. The summed E-state index contributed by atoms with van der Waals surface area (Å²) >= 11 is 17.8. The maximum Gasteiger partial charge on any atom is 0.337 e. The number of carboxylic acid groups (broad SMARTS) is 1. The van der Waals surface area contributed by atoms with E-state index in [4.69, 9.17) is 39.9 Å². The second kappa shape index (κ2) is 7.51. The summed E-state index contributed by atoms with van der Waals surface area (Å²) in [7, 11) is 0. The Morgan fingerprint density at radius 1 is 1.09 bits per heavy atom. The van der Waals surface area contributed by atoms with E-state index in [2.05, 4.69) is 5.32 Å². The van der Waals surface area contributed by atoms with Gasteiger partial charge in [0.15, 0.2) is 0 Å². The summed E-state index contributed by atoms with van der Waals surface area (Å²) in [5.74, 6) is -1.80. The van der Waals surface area contributed by atoms with Crippen molar-refractivity contribution in [3.8, 4) is 0 Å². The first-order chi connectivity index (χ1) is 10.9. The number of carboxylic acids is 1. The number of nitrogens with one attached hydrogen (secondary N) is 1. The lowest BCUT2D eigenvalue weighted by Crippen LogP contribution is -2.14. The van der Waals surface area contributed by atoms with Gasteiger partial charge in [-0.2, -0.15) is 0 Å². The van der Waals surface area contributed by atoms with Crippen molar-refractivity contribution in [2.75, 3.05) is 5.32 Å². The average Bonchev–Trinajstić information content (AvgIpc) is 2.50. The number of hydrogen-bond donors (Lipinski definition) is 2. The smallest absolute Gasteiger partial charge is 0.337 e. The molecule has 0 saturated carbocycles. The van der Waals surface area contributed by atoms with Gasteiger partial charge in [-0.05, 0) is 35.9 Å². The van der Waals surface area contributed by atoms with E-state index < -0.39 is 11.9 Å². The van der Waals surface area contributed by atoms with Crippen LogP contribution in [0.4, 0.5) is 5.69 Å². The van der Waals surface area contributed by atoms with Crippen molar-refractivity contribution in [1.82, 2.24) is 0 Å². The number of hydrogen-bond acceptors (Lipinski definition) is 2. The molecule has 0 atom stereocenters. The number of halogens is 3. The molecule has 118 valence electrons. The Morgan fingerprint density at radius 2 is 1.78 bits per heavy atom. The Balaban J connectivity index is 2.24. The van der Waals surface area contributed by atoms with E-state index in [-0.39, 0.29) is 16.3 Å². The van der Waals surface area contributed by atoms with E-state index in [1.165, 1.54) is 24.3 Å². The molecule has 2 aromatic carbocycles. The summed E-state index contributed by atoms with van der Waals surface area (Å²) in [6.45, 7) is 0. The fraction of sp³-hybridized carbons (Fsp3) is 0. The molecule has 2 rings (SSSR count). The minimum Gasteiger partial charge on any atom is -0.478 e. The van der Waals surface area contributed by atoms with Gasteiger partial charge in [0.1, 0.15) is 5.03 Å². The van der Waals surface area contributed by atoms with Crippen LogP contribution in [0.2, 0.25) is 10.0 Å². The van der Waals surface area contributed by atoms with Crippen LogP contribution in [0, 0.1) is 0 Å². The van der Waals surface area contributed by atoms with Crippen LogP contribution >= 0.6 is 34.8 Å². The topological polar surface area (TPSA) is 66.4 Å². The minimum absolute atomic E-state index is 0.0326. The molecule has 2 N–H and O–H groups in total. The zero-order chi connectivity index (χ0) is 17.0. The van der Waals surface area contributed by atoms with E-state index in [1.54, 1.807) is 24.3 Å². The molecule has 2 aromatic rings. The van der Waals surface area contributed by atoms with Crippen LogP contribution in [-0.2, 0) is 4.79 Å². The van der Waals surface area contributed by atoms with E-state index >= 15 is 0 Å². The molecule has 0 aliphatic rings. The lowest BCUT2D eigenvalue weighted by Gasteiger charge is -2.08. The Hall–Kier alpha value is -2.01. The first-order valence-electron chi connectivity index (χ1n) is 6.34. The molecule has 1 amide bonds. The molecule has 23 heavy (non-hydrogen) atoms. The highest BCUT2D eigenvalue weighted by Gasteiger charge is 2.14. The standard InChI is InChI=1S/C16H10Cl3NO3/c17-10-6-5-9(12(18)8-10)7-13(19)15(21)20-14-4-2-1-3-11(14)16(22)23/h1-8H,(H,20,21)(H,22,23)/b13-7-. The summed E-state index contributed by atoms with van der Waals surface area (Å²) in [4.78, 5) is 23.2. The molecule has 4 nitrogen and oxygen atoms in total. The normalized spacial score (nSPS) is 11.2. The van der Waals surface area contributed by atoms with Crippen LogP contribution in [0.1, 0.15) is 15.9 Å². The van der Waals surface area contributed by atoms with E-state index in [9.17, 15) is 9.59 Å². The first kappa shape index (κ1) is 17.3. The number of amides is 1. The number of para-hydroxylation sites is 1. The van der Waals surface area contributed by atoms with Crippen LogP contribution in [-0.4, -0.2) is 17.0 Å². The van der Waals surface area contributed by atoms with Crippen LogP contribution in [0.25, 0.3) is 6.08 Å². The molecule has 0 heterocycles. The highest BCUT2D eigenvalue weighted by atomic mass is 35.5. The molecule has 0 aliphatic heterocycles. The quantitative estimate of drug-likeness (QED) is 0.751. The van der Waals surface area contributed by atoms with Gasteiger partial charge in [-0.15, -0.1) is 0 Å². The molecule has 0 aromatic heterocycles. The monoisotopic (exact) mass is 369 g/mol. The zero-order valence-corrected chi connectivity index (χ0v) is 13.8. The summed E-state index contributed by atoms with van der Waals surface area (Å²) < 4.78 is 0. The van der Waals surface area contributed by atoms with Gasteiger partial charge in [0.2, 0.25) is 0 Å². The van der Waals surface area contributed by atoms with E-state index in [0.717, 1.165) is 0 Å². The molecule has 0 fully saturated rings. The number of aromatic carboxylic acids is 1. The average molecular weight is 371 g/mol. The molecular weight excluding hydrogens is 361 g/mol. The minimum atomic E-state index is -1.15. The van der Waals surface area contributed by atoms with Gasteiger partial charge in [0, 0.05) is 10.0 Å². The van der Waals surface area contributed by atoms with Gasteiger partial charge < -0.3 is 10.4 Å². The molecule has 0 bridgehead atoms. The van der Waals surface area contributed by atoms with Gasteiger partial charge in [-0.25, -0.2) is 4.79 Å². The summed E-state index contributed by atoms with van der Waals surface area (Å²) in [5.41, 5.74) is 0.635. The lowest BCUT2D eigenvalue weighted by atomic mass is 10.1. The van der Waals surface area contributed by atoms with Crippen molar-refractivity contribution in [1.29, 1.82) is 0 Å². The Labute approximate surface area is 147 Å². The number of rotatable bonds is 4. The van der Waals surface area contributed by atoms with Crippen LogP contribution in [0.5, 0.6) is 0 Å². The number of anilines is 1. The summed E-state index contributed by atoms with van der Waals surface area (Å²) in [5, 5.41) is 12.2. The number of carbonyl (C=O) groups excluding carboxylic acids is 1. The zero-order valence-electron chi connectivity index (χ0n) is 11.5. The molecule has 0 radical (unpaired) electrons. The molecule has 0 spiro atoms. The highest BCUT2D eigenvalue weighted by molar-refractivity contribution is 6.46. The fourth-order valence-corrected chi connectivity index (χ4v) is 2.41. The molecule has 0 saturated heterocycles. The molecule has 0 aliphatic carbocycles. The predicted molar refractivity (Wildman–Crippen MR) is 92.3 cm³/mol. The van der Waals surface area contributed by atoms with Gasteiger partial charge in [0.25, 0.3) is 5.91 Å². The van der Waals surface area contributed by atoms with Crippen LogP contribution in [0.15, 0.2) is 47.5 Å². The fourth-order valence-electron chi connectivity index (χ4n) is 1.78. The second-order valence-corrected chi connectivity index (χ2v) is 5.71. The lowest BCUT2D eigenvalue weighted by molar-refractivity contribution is -0.112. The third kappa shape index (κ3) is 4.48. The molecular formula is C16H10Cl3NO3. The molecule has 7 heteroatoms. The predicted octanol–water partition coefficient (Wildman–Crippen LogP) is 4.91. The van der Waals surface area contributed by atoms with Crippen molar-refractivity contribution in [2.45, 2.75) is 0 Å².